The summed E-state index contributed by atoms with van der Waals surface area (Å²) in [6, 6.07) is 9.61. The van der Waals surface area contributed by atoms with Crippen LogP contribution in [0.15, 0.2) is 36.4 Å². The van der Waals surface area contributed by atoms with Gasteiger partial charge in [0.25, 0.3) is 5.91 Å². The quantitative estimate of drug-likeness (QED) is 0.680. The zero-order chi connectivity index (χ0) is 18.0. The molecule has 1 aromatic heterocycles. The number of aromatic nitrogens is 1. The van der Waals surface area contributed by atoms with Crippen LogP contribution in [0.5, 0.6) is 5.75 Å². The van der Waals surface area contributed by atoms with Gasteiger partial charge in [-0.2, -0.15) is 0 Å². The summed E-state index contributed by atoms with van der Waals surface area (Å²) in [7, 11) is 1.51. The number of hydrogen-bond acceptors (Lipinski definition) is 5. The highest BCUT2D eigenvalue weighted by Gasteiger charge is 2.15. The fraction of sp³-hybridized carbons (Fsp3) is 0.118. The van der Waals surface area contributed by atoms with Gasteiger partial charge in [0.2, 0.25) is 0 Å². The van der Waals surface area contributed by atoms with Crippen molar-refractivity contribution < 1.29 is 13.9 Å². The van der Waals surface area contributed by atoms with Crippen molar-refractivity contribution in [2.75, 3.05) is 12.4 Å². The van der Waals surface area contributed by atoms with Gasteiger partial charge in [-0.25, -0.2) is 9.37 Å². The third-order valence-corrected chi connectivity index (χ3v) is 4.60. The lowest BCUT2D eigenvalue weighted by Gasteiger charge is -2.12. The van der Waals surface area contributed by atoms with Crippen molar-refractivity contribution in [2.45, 2.75) is 6.92 Å². The standard InChI is InChI=1S/C17H14FN3O2S2/c1-9-4-3-5-11(14(9)23-2)15(22)20-16(24)21-17-19-12-7-6-10(18)8-13(12)25-17/h3-8H,1-2H3,(H2,19,20,21,22,24). The predicted octanol–water partition coefficient (Wildman–Crippen LogP) is 3.88. The number of anilines is 1. The molecule has 25 heavy (non-hydrogen) atoms. The van der Waals surface area contributed by atoms with Gasteiger partial charge in [-0.3, -0.25) is 10.1 Å². The maximum atomic E-state index is 13.2. The minimum atomic E-state index is -0.384. The summed E-state index contributed by atoms with van der Waals surface area (Å²) in [6.07, 6.45) is 0. The lowest BCUT2D eigenvalue weighted by Crippen LogP contribution is -2.34. The summed E-state index contributed by atoms with van der Waals surface area (Å²) in [5, 5.41) is 6.02. The molecule has 8 heteroatoms. The van der Waals surface area contributed by atoms with Crippen molar-refractivity contribution in [3.05, 3.63) is 53.3 Å². The van der Waals surface area contributed by atoms with E-state index in [1.807, 2.05) is 13.0 Å². The zero-order valence-electron chi connectivity index (χ0n) is 13.4. The molecular formula is C17H14FN3O2S2. The molecule has 0 spiro atoms. The van der Waals surface area contributed by atoms with Gasteiger partial charge in [-0.15, -0.1) is 0 Å². The number of nitrogens with zero attached hydrogens (tertiary/aromatic N) is 1. The van der Waals surface area contributed by atoms with Crippen LogP contribution in [-0.2, 0) is 0 Å². The Morgan fingerprint density at radius 3 is 2.88 bits per heavy atom. The van der Waals surface area contributed by atoms with E-state index in [2.05, 4.69) is 15.6 Å². The molecule has 0 bridgehead atoms. The molecule has 1 amide bonds. The van der Waals surface area contributed by atoms with Gasteiger partial charge in [0.05, 0.1) is 22.9 Å². The van der Waals surface area contributed by atoms with E-state index in [4.69, 9.17) is 17.0 Å². The van der Waals surface area contributed by atoms with E-state index >= 15 is 0 Å². The molecule has 0 aliphatic carbocycles. The molecule has 0 saturated heterocycles. The summed E-state index contributed by atoms with van der Waals surface area (Å²) in [6.45, 7) is 1.85. The molecule has 0 fully saturated rings. The fourth-order valence-electron chi connectivity index (χ4n) is 2.35. The van der Waals surface area contributed by atoms with E-state index in [9.17, 15) is 9.18 Å². The molecule has 128 valence electrons. The van der Waals surface area contributed by atoms with Crippen LogP contribution >= 0.6 is 23.6 Å². The summed E-state index contributed by atoms with van der Waals surface area (Å²) in [5.41, 5.74) is 1.89. The SMILES string of the molecule is COc1c(C)cccc1C(=O)NC(=S)Nc1nc2ccc(F)cc2s1. The number of thiocarbonyl (C=S) groups is 1. The number of benzene rings is 2. The van der Waals surface area contributed by atoms with Crippen LogP contribution in [0.2, 0.25) is 0 Å². The number of carbonyl (C=O) groups is 1. The van der Waals surface area contributed by atoms with Gasteiger partial charge in [0, 0.05) is 0 Å². The molecule has 3 rings (SSSR count). The second-order valence-corrected chi connectivity index (χ2v) is 6.63. The predicted molar refractivity (Wildman–Crippen MR) is 101 cm³/mol. The number of para-hydroxylation sites is 1. The first-order valence-corrected chi connectivity index (χ1v) is 8.52. The van der Waals surface area contributed by atoms with Gasteiger partial charge < -0.3 is 10.1 Å². The molecule has 1 heterocycles. The molecular weight excluding hydrogens is 361 g/mol. The lowest BCUT2D eigenvalue weighted by atomic mass is 10.1. The Kier molecular flexibility index (Phi) is 4.91. The summed E-state index contributed by atoms with van der Waals surface area (Å²) >= 11 is 6.41. The maximum Gasteiger partial charge on any atom is 0.261 e. The van der Waals surface area contributed by atoms with Gasteiger partial charge in [-0.05, 0) is 49.0 Å². The van der Waals surface area contributed by atoms with Crippen LogP contribution < -0.4 is 15.4 Å². The molecule has 2 aromatic carbocycles. The van der Waals surface area contributed by atoms with Crippen molar-refractivity contribution in [3.63, 3.8) is 0 Å². The Morgan fingerprint density at radius 2 is 2.12 bits per heavy atom. The molecule has 0 unspecified atom stereocenters. The number of hydrogen-bond donors (Lipinski definition) is 2. The van der Waals surface area contributed by atoms with E-state index in [0.717, 1.165) is 5.56 Å². The summed E-state index contributed by atoms with van der Waals surface area (Å²) in [4.78, 5) is 16.7. The highest BCUT2D eigenvalue weighted by Crippen LogP contribution is 2.26. The normalized spacial score (nSPS) is 10.5. The van der Waals surface area contributed by atoms with E-state index in [0.29, 0.717) is 26.7 Å². The molecule has 0 radical (unpaired) electrons. The third-order valence-electron chi connectivity index (χ3n) is 3.46. The first-order chi connectivity index (χ1) is 12.0. The Hall–Kier alpha value is -2.58. The first-order valence-electron chi connectivity index (χ1n) is 7.30. The molecule has 5 nitrogen and oxygen atoms in total. The van der Waals surface area contributed by atoms with E-state index in [1.165, 1.54) is 30.6 Å². The molecule has 0 aliphatic rings. The van der Waals surface area contributed by atoms with Crippen LogP contribution in [0.25, 0.3) is 10.2 Å². The number of nitrogens with one attached hydrogen (secondary N) is 2. The van der Waals surface area contributed by atoms with Crippen LogP contribution in [-0.4, -0.2) is 23.1 Å². The Morgan fingerprint density at radius 1 is 1.32 bits per heavy atom. The van der Waals surface area contributed by atoms with Crippen molar-refractivity contribution >= 4 is 49.9 Å². The molecule has 0 atom stereocenters. The average Bonchev–Trinajstić information content (AvgIpc) is 2.95. The van der Waals surface area contributed by atoms with Crippen molar-refractivity contribution in [1.29, 1.82) is 0 Å². The second kappa shape index (κ2) is 7.12. The molecule has 0 aliphatic heterocycles. The number of fused-ring (bicyclic) bond motifs is 1. The maximum absolute atomic E-state index is 13.2. The van der Waals surface area contributed by atoms with Crippen LogP contribution in [0, 0.1) is 12.7 Å². The number of thiazole rings is 1. The number of ether oxygens (including phenoxy) is 1. The average molecular weight is 375 g/mol. The van der Waals surface area contributed by atoms with E-state index < -0.39 is 0 Å². The number of methoxy groups -OCH3 is 1. The topological polar surface area (TPSA) is 63.2 Å². The number of rotatable bonds is 3. The Labute approximate surface area is 152 Å². The van der Waals surface area contributed by atoms with Crippen LogP contribution in [0.4, 0.5) is 9.52 Å². The van der Waals surface area contributed by atoms with Gasteiger partial charge >= 0.3 is 0 Å². The molecule has 3 aromatic rings. The number of halogens is 1. The lowest BCUT2D eigenvalue weighted by molar-refractivity contribution is 0.0974. The molecule has 2 N–H and O–H groups in total. The van der Waals surface area contributed by atoms with Gasteiger partial charge in [0.15, 0.2) is 10.2 Å². The first kappa shape index (κ1) is 17.2. The van der Waals surface area contributed by atoms with Gasteiger partial charge in [0.1, 0.15) is 11.6 Å². The summed E-state index contributed by atoms with van der Waals surface area (Å²) in [5.74, 6) is -0.214. The highest BCUT2D eigenvalue weighted by molar-refractivity contribution is 7.80. The third kappa shape index (κ3) is 3.75. The Bertz CT molecular complexity index is 972. The van der Waals surface area contributed by atoms with Gasteiger partial charge in [-0.1, -0.05) is 23.5 Å². The largest absolute Gasteiger partial charge is 0.496 e. The minimum absolute atomic E-state index is 0.105. The van der Waals surface area contributed by atoms with Crippen molar-refractivity contribution in [1.82, 2.24) is 10.3 Å². The monoisotopic (exact) mass is 375 g/mol. The minimum Gasteiger partial charge on any atom is -0.496 e. The molecule has 0 saturated carbocycles. The second-order valence-electron chi connectivity index (χ2n) is 5.20. The van der Waals surface area contributed by atoms with Crippen molar-refractivity contribution in [3.8, 4) is 5.75 Å². The van der Waals surface area contributed by atoms with Crippen LogP contribution in [0.1, 0.15) is 15.9 Å². The number of amides is 1. The number of aryl methyl sites for hydroxylation is 1. The fourth-order valence-corrected chi connectivity index (χ4v) is 3.50. The highest BCUT2D eigenvalue weighted by atomic mass is 32.1. The number of carbonyl (C=O) groups excluding carboxylic acids is 1. The smallest absolute Gasteiger partial charge is 0.261 e. The summed E-state index contributed by atoms with van der Waals surface area (Å²) < 4.78 is 19.2. The zero-order valence-corrected chi connectivity index (χ0v) is 15.1. The van der Waals surface area contributed by atoms with E-state index in [-0.39, 0.29) is 16.8 Å². The van der Waals surface area contributed by atoms with E-state index in [1.54, 1.807) is 18.2 Å². The Balaban J connectivity index is 1.73. The van der Waals surface area contributed by atoms with Crippen LogP contribution in [0.3, 0.4) is 0 Å². The van der Waals surface area contributed by atoms with Crippen molar-refractivity contribution in [2.24, 2.45) is 0 Å².